The maximum Gasteiger partial charge on any atom is 0.122 e. The van der Waals surface area contributed by atoms with Gasteiger partial charge in [-0.3, -0.25) is 0 Å². The van der Waals surface area contributed by atoms with Crippen LogP contribution in [-0.4, -0.2) is 18.2 Å². The lowest BCUT2D eigenvalue weighted by Gasteiger charge is -2.23. The Labute approximate surface area is 103 Å². The van der Waals surface area contributed by atoms with Crippen LogP contribution in [0.2, 0.25) is 0 Å². The summed E-state index contributed by atoms with van der Waals surface area (Å²) in [4.78, 5) is 0. The van der Waals surface area contributed by atoms with Crippen LogP contribution in [0.5, 0.6) is 5.75 Å². The molecule has 0 aromatic heterocycles. The molecular formula is C15H21NO. The molecule has 17 heavy (non-hydrogen) atoms. The quantitative estimate of drug-likeness (QED) is 0.819. The van der Waals surface area contributed by atoms with E-state index in [4.69, 9.17) is 0 Å². The molecule has 0 saturated carbocycles. The van der Waals surface area contributed by atoms with Crippen molar-refractivity contribution in [3.8, 4) is 5.75 Å². The first kappa shape index (κ1) is 11.1. The lowest BCUT2D eigenvalue weighted by Crippen LogP contribution is -2.30. The molecule has 1 atom stereocenters. The van der Waals surface area contributed by atoms with E-state index in [2.05, 4.69) is 17.4 Å². The molecule has 2 aliphatic rings. The second-order valence-electron chi connectivity index (χ2n) is 5.48. The number of benzene rings is 1. The first-order valence-corrected chi connectivity index (χ1v) is 6.88. The maximum atomic E-state index is 10.3. The Morgan fingerprint density at radius 1 is 1.24 bits per heavy atom. The van der Waals surface area contributed by atoms with Crippen LogP contribution >= 0.6 is 0 Å². The molecule has 1 fully saturated rings. The van der Waals surface area contributed by atoms with Gasteiger partial charge in [-0.05, 0) is 74.2 Å². The number of phenols is 1. The third-order valence-electron chi connectivity index (χ3n) is 4.24. The number of phenolic OH excluding ortho intramolecular Hbond substituents is 1. The minimum absolute atomic E-state index is 0.602. The molecule has 1 heterocycles. The molecule has 1 aromatic carbocycles. The van der Waals surface area contributed by atoms with Crippen molar-refractivity contribution in [3.05, 3.63) is 28.8 Å². The fourth-order valence-electron chi connectivity index (χ4n) is 3.27. The molecule has 92 valence electrons. The van der Waals surface area contributed by atoms with Crippen molar-refractivity contribution in [2.24, 2.45) is 5.92 Å². The highest BCUT2D eigenvalue weighted by Crippen LogP contribution is 2.34. The number of nitrogens with one attached hydrogen (secondary N) is 1. The molecule has 0 amide bonds. The predicted molar refractivity (Wildman–Crippen MR) is 69.4 cm³/mol. The molecule has 2 nitrogen and oxygen atoms in total. The van der Waals surface area contributed by atoms with Crippen LogP contribution in [0.1, 0.15) is 36.0 Å². The van der Waals surface area contributed by atoms with Gasteiger partial charge in [0, 0.05) is 0 Å². The third-order valence-corrected chi connectivity index (χ3v) is 4.24. The van der Waals surface area contributed by atoms with Crippen molar-refractivity contribution >= 4 is 0 Å². The van der Waals surface area contributed by atoms with Gasteiger partial charge in [-0.2, -0.15) is 0 Å². The minimum atomic E-state index is 0.602. The van der Waals surface area contributed by atoms with E-state index in [1.54, 1.807) is 0 Å². The Morgan fingerprint density at radius 2 is 2.18 bits per heavy atom. The monoisotopic (exact) mass is 231 g/mol. The van der Waals surface area contributed by atoms with Crippen molar-refractivity contribution < 1.29 is 5.11 Å². The number of rotatable bonds is 2. The third kappa shape index (κ3) is 2.19. The molecule has 0 radical (unpaired) electrons. The fraction of sp³-hybridized carbons (Fsp3) is 0.600. The summed E-state index contributed by atoms with van der Waals surface area (Å²) in [5.41, 5.74) is 3.76. The SMILES string of the molecule is Oc1c(CC2CCCNC2)ccc2c1CCC2. The molecule has 1 aliphatic carbocycles. The highest BCUT2D eigenvalue weighted by Gasteiger charge is 2.20. The van der Waals surface area contributed by atoms with Gasteiger partial charge in [-0.1, -0.05) is 12.1 Å². The standard InChI is InChI=1S/C15H21NO/c17-15-13(9-11-3-2-8-16-10-11)7-6-12-4-1-5-14(12)15/h6-7,11,16-17H,1-5,8-10H2. The predicted octanol–water partition coefficient (Wildman–Crippen LogP) is 2.42. The van der Waals surface area contributed by atoms with Crippen molar-refractivity contribution in [2.75, 3.05) is 13.1 Å². The first-order valence-electron chi connectivity index (χ1n) is 6.88. The van der Waals surface area contributed by atoms with Crippen molar-refractivity contribution in [1.29, 1.82) is 0 Å². The van der Waals surface area contributed by atoms with E-state index < -0.39 is 0 Å². The smallest absolute Gasteiger partial charge is 0.122 e. The first-order chi connectivity index (χ1) is 8.34. The topological polar surface area (TPSA) is 32.3 Å². The summed E-state index contributed by atoms with van der Waals surface area (Å²) < 4.78 is 0. The largest absolute Gasteiger partial charge is 0.507 e. The summed E-state index contributed by atoms with van der Waals surface area (Å²) in [5, 5.41) is 13.8. The molecular weight excluding hydrogens is 210 g/mol. The zero-order chi connectivity index (χ0) is 11.7. The van der Waals surface area contributed by atoms with E-state index in [0.717, 1.165) is 32.4 Å². The maximum absolute atomic E-state index is 10.3. The lowest BCUT2D eigenvalue weighted by molar-refractivity contribution is 0.369. The van der Waals surface area contributed by atoms with Crippen LogP contribution in [0, 0.1) is 5.92 Å². The van der Waals surface area contributed by atoms with Gasteiger partial charge in [0.05, 0.1) is 0 Å². The summed E-state index contributed by atoms with van der Waals surface area (Å²) in [7, 11) is 0. The molecule has 1 unspecified atom stereocenters. The van der Waals surface area contributed by atoms with Gasteiger partial charge >= 0.3 is 0 Å². The minimum Gasteiger partial charge on any atom is -0.507 e. The molecule has 1 aliphatic heterocycles. The second kappa shape index (κ2) is 4.69. The Morgan fingerprint density at radius 3 is 3.00 bits per heavy atom. The number of fused-ring (bicyclic) bond motifs is 1. The average molecular weight is 231 g/mol. The summed E-state index contributed by atoms with van der Waals surface area (Å²) in [6, 6.07) is 4.38. The van der Waals surface area contributed by atoms with E-state index in [0.29, 0.717) is 11.7 Å². The Balaban J connectivity index is 1.78. The van der Waals surface area contributed by atoms with Gasteiger partial charge in [0.2, 0.25) is 0 Å². The molecule has 2 N–H and O–H groups in total. The number of hydrogen-bond donors (Lipinski definition) is 2. The van der Waals surface area contributed by atoms with Crippen LogP contribution in [0.25, 0.3) is 0 Å². The lowest BCUT2D eigenvalue weighted by atomic mass is 9.90. The molecule has 3 rings (SSSR count). The zero-order valence-electron chi connectivity index (χ0n) is 10.3. The number of piperidine rings is 1. The summed E-state index contributed by atoms with van der Waals surface area (Å²) >= 11 is 0. The molecule has 0 spiro atoms. The van der Waals surface area contributed by atoms with Crippen molar-refractivity contribution in [3.63, 3.8) is 0 Å². The molecule has 2 heteroatoms. The van der Waals surface area contributed by atoms with Gasteiger partial charge in [0.1, 0.15) is 5.75 Å². The van der Waals surface area contributed by atoms with Gasteiger partial charge in [0.25, 0.3) is 0 Å². The Bertz CT molecular complexity index is 408. The van der Waals surface area contributed by atoms with Crippen LogP contribution < -0.4 is 5.32 Å². The Kier molecular flexibility index (Phi) is 3.06. The summed E-state index contributed by atoms with van der Waals surface area (Å²) in [5.74, 6) is 1.31. The highest BCUT2D eigenvalue weighted by atomic mass is 16.3. The van der Waals surface area contributed by atoms with Gasteiger partial charge in [-0.15, -0.1) is 0 Å². The zero-order valence-corrected chi connectivity index (χ0v) is 10.3. The highest BCUT2D eigenvalue weighted by molar-refractivity contribution is 5.47. The van der Waals surface area contributed by atoms with Crippen molar-refractivity contribution in [1.82, 2.24) is 5.32 Å². The number of aryl methyl sites for hydroxylation is 1. The van der Waals surface area contributed by atoms with Crippen LogP contribution in [0.4, 0.5) is 0 Å². The van der Waals surface area contributed by atoms with Gasteiger partial charge in [0.15, 0.2) is 0 Å². The van der Waals surface area contributed by atoms with E-state index in [9.17, 15) is 5.11 Å². The van der Waals surface area contributed by atoms with E-state index in [1.807, 2.05) is 0 Å². The number of hydrogen-bond acceptors (Lipinski definition) is 2. The van der Waals surface area contributed by atoms with Crippen molar-refractivity contribution in [2.45, 2.75) is 38.5 Å². The molecule has 1 saturated heterocycles. The molecule has 0 bridgehead atoms. The fourth-order valence-corrected chi connectivity index (χ4v) is 3.27. The van der Waals surface area contributed by atoms with Crippen LogP contribution in [0.3, 0.4) is 0 Å². The second-order valence-corrected chi connectivity index (χ2v) is 5.48. The molecule has 1 aromatic rings. The van der Waals surface area contributed by atoms with Gasteiger partial charge < -0.3 is 10.4 Å². The van der Waals surface area contributed by atoms with E-state index in [-0.39, 0.29) is 0 Å². The van der Waals surface area contributed by atoms with Crippen LogP contribution in [0.15, 0.2) is 12.1 Å². The Hall–Kier alpha value is -1.02. The van der Waals surface area contributed by atoms with E-state index in [1.165, 1.54) is 36.0 Å². The summed E-state index contributed by atoms with van der Waals surface area (Å²) in [6.45, 7) is 2.27. The van der Waals surface area contributed by atoms with E-state index >= 15 is 0 Å². The average Bonchev–Trinajstić information content (AvgIpc) is 2.83. The van der Waals surface area contributed by atoms with Crippen LogP contribution in [-0.2, 0) is 19.3 Å². The summed E-state index contributed by atoms with van der Waals surface area (Å²) in [6.07, 6.45) is 7.02. The number of aromatic hydroxyl groups is 1. The van der Waals surface area contributed by atoms with Gasteiger partial charge in [-0.25, -0.2) is 0 Å². The normalized spacial score (nSPS) is 23.6.